The summed E-state index contributed by atoms with van der Waals surface area (Å²) < 4.78 is 6.02. The van der Waals surface area contributed by atoms with Gasteiger partial charge in [0.15, 0.2) is 0 Å². The number of ether oxygens (including phenoxy) is 1. The standard InChI is InChI=1S/C17H27NO/c1-17(2,3)18-13-15-10-7-11-19-16(15)12-14-8-5-4-6-9-14/h4-6,8-9,15-16,18H,7,10-13H2,1-3H3. The molecule has 106 valence electrons. The normalized spacial score (nSPS) is 24.4. The van der Waals surface area contributed by atoms with Crippen LogP contribution >= 0.6 is 0 Å². The van der Waals surface area contributed by atoms with Gasteiger partial charge in [-0.15, -0.1) is 0 Å². The third-order valence-corrected chi connectivity index (χ3v) is 3.75. The van der Waals surface area contributed by atoms with Gasteiger partial charge in [0.05, 0.1) is 6.10 Å². The molecule has 1 aliphatic rings. The summed E-state index contributed by atoms with van der Waals surface area (Å²) in [7, 11) is 0. The van der Waals surface area contributed by atoms with Crippen molar-refractivity contribution in [3.8, 4) is 0 Å². The summed E-state index contributed by atoms with van der Waals surface area (Å²) in [6.45, 7) is 8.65. The van der Waals surface area contributed by atoms with E-state index in [-0.39, 0.29) is 5.54 Å². The first-order valence-corrected chi connectivity index (χ1v) is 7.45. The third-order valence-electron chi connectivity index (χ3n) is 3.75. The van der Waals surface area contributed by atoms with E-state index in [0.29, 0.717) is 12.0 Å². The smallest absolute Gasteiger partial charge is 0.0655 e. The molecule has 0 amide bonds. The zero-order chi connectivity index (χ0) is 13.7. The zero-order valence-corrected chi connectivity index (χ0v) is 12.5. The second-order valence-electron chi connectivity index (χ2n) is 6.63. The van der Waals surface area contributed by atoms with Gasteiger partial charge >= 0.3 is 0 Å². The monoisotopic (exact) mass is 261 g/mol. The average Bonchev–Trinajstić information content (AvgIpc) is 2.38. The van der Waals surface area contributed by atoms with Gasteiger partial charge in [0.25, 0.3) is 0 Å². The van der Waals surface area contributed by atoms with E-state index in [4.69, 9.17) is 4.74 Å². The molecule has 1 saturated heterocycles. The summed E-state index contributed by atoms with van der Waals surface area (Å²) in [4.78, 5) is 0. The van der Waals surface area contributed by atoms with Crippen LogP contribution in [0.2, 0.25) is 0 Å². The molecular weight excluding hydrogens is 234 g/mol. The molecule has 0 aromatic heterocycles. The lowest BCUT2D eigenvalue weighted by Gasteiger charge is -2.34. The first-order chi connectivity index (χ1) is 9.04. The minimum absolute atomic E-state index is 0.189. The lowest BCUT2D eigenvalue weighted by Crippen LogP contribution is -2.44. The lowest BCUT2D eigenvalue weighted by molar-refractivity contribution is -0.0264. The van der Waals surface area contributed by atoms with Crippen LogP contribution in [0.15, 0.2) is 30.3 Å². The first kappa shape index (κ1) is 14.5. The van der Waals surface area contributed by atoms with Gasteiger partial charge < -0.3 is 10.1 Å². The Labute approximate surface area is 117 Å². The van der Waals surface area contributed by atoms with Crippen molar-refractivity contribution in [1.82, 2.24) is 5.32 Å². The SMILES string of the molecule is CC(C)(C)NCC1CCCOC1Cc1ccccc1. The number of hydrogen-bond donors (Lipinski definition) is 1. The van der Waals surface area contributed by atoms with Crippen molar-refractivity contribution < 1.29 is 4.74 Å². The highest BCUT2D eigenvalue weighted by atomic mass is 16.5. The Morgan fingerprint density at radius 1 is 1.21 bits per heavy atom. The van der Waals surface area contributed by atoms with Crippen molar-refractivity contribution in [1.29, 1.82) is 0 Å². The highest BCUT2D eigenvalue weighted by molar-refractivity contribution is 5.15. The maximum Gasteiger partial charge on any atom is 0.0655 e. The van der Waals surface area contributed by atoms with Crippen LogP contribution in [0.25, 0.3) is 0 Å². The molecule has 1 heterocycles. The summed E-state index contributed by atoms with van der Waals surface area (Å²) in [5, 5.41) is 3.63. The molecule has 0 spiro atoms. The van der Waals surface area contributed by atoms with Crippen molar-refractivity contribution in [2.24, 2.45) is 5.92 Å². The van der Waals surface area contributed by atoms with Crippen LogP contribution < -0.4 is 5.32 Å². The molecule has 1 N–H and O–H groups in total. The van der Waals surface area contributed by atoms with Crippen molar-refractivity contribution >= 4 is 0 Å². The van der Waals surface area contributed by atoms with Crippen LogP contribution in [0.5, 0.6) is 0 Å². The fourth-order valence-electron chi connectivity index (χ4n) is 2.64. The third kappa shape index (κ3) is 4.96. The van der Waals surface area contributed by atoms with E-state index >= 15 is 0 Å². The molecule has 0 saturated carbocycles. The fourth-order valence-corrected chi connectivity index (χ4v) is 2.64. The van der Waals surface area contributed by atoms with Crippen LogP contribution in [0.1, 0.15) is 39.2 Å². The lowest BCUT2D eigenvalue weighted by atomic mass is 9.89. The molecule has 1 aliphatic heterocycles. The summed E-state index contributed by atoms with van der Waals surface area (Å²) >= 11 is 0. The van der Waals surface area contributed by atoms with E-state index in [0.717, 1.165) is 19.6 Å². The van der Waals surface area contributed by atoms with E-state index in [1.807, 2.05) is 0 Å². The summed E-state index contributed by atoms with van der Waals surface area (Å²) in [5.41, 5.74) is 1.57. The molecule has 0 bridgehead atoms. The molecule has 2 rings (SSSR count). The van der Waals surface area contributed by atoms with Crippen LogP contribution in [-0.4, -0.2) is 24.8 Å². The van der Waals surface area contributed by atoms with Gasteiger partial charge in [0.2, 0.25) is 0 Å². The van der Waals surface area contributed by atoms with Crippen LogP contribution in [0, 0.1) is 5.92 Å². The Kier molecular flexibility index (Phi) is 5.00. The molecule has 0 radical (unpaired) electrons. The Balaban J connectivity index is 1.92. The van der Waals surface area contributed by atoms with E-state index < -0.39 is 0 Å². The Hall–Kier alpha value is -0.860. The molecule has 19 heavy (non-hydrogen) atoms. The molecule has 2 unspecified atom stereocenters. The molecule has 1 fully saturated rings. The van der Waals surface area contributed by atoms with Gasteiger partial charge in [-0.25, -0.2) is 0 Å². The van der Waals surface area contributed by atoms with Crippen molar-refractivity contribution in [3.05, 3.63) is 35.9 Å². The number of nitrogens with one attached hydrogen (secondary N) is 1. The maximum absolute atomic E-state index is 6.02. The number of rotatable bonds is 4. The van der Waals surface area contributed by atoms with E-state index in [9.17, 15) is 0 Å². The van der Waals surface area contributed by atoms with Gasteiger partial charge in [-0.3, -0.25) is 0 Å². The van der Waals surface area contributed by atoms with Crippen molar-refractivity contribution in [2.75, 3.05) is 13.2 Å². The highest BCUT2D eigenvalue weighted by Crippen LogP contribution is 2.24. The Bertz CT molecular complexity index is 369. The van der Waals surface area contributed by atoms with Gasteiger partial charge in [-0.05, 0) is 51.5 Å². The van der Waals surface area contributed by atoms with Gasteiger partial charge in [-0.1, -0.05) is 30.3 Å². The minimum atomic E-state index is 0.189. The maximum atomic E-state index is 6.02. The van der Waals surface area contributed by atoms with Gasteiger partial charge in [0, 0.05) is 18.7 Å². The second-order valence-corrected chi connectivity index (χ2v) is 6.63. The van der Waals surface area contributed by atoms with Crippen LogP contribution in [-0.2, 0) is 11.2 Å². The molecule has 1 aromatic rings. The molecule has 1 aromatic carbocycles. The summed E-state index contributed by atoms with van der Waals surface area (Å²) in [5.74, 6) is 0.633. The Morgan fingerprint density at radius 2 is 1.95 bits per heavy atom. The van der Waals surface area contributed by atoms with Crippen LogP contribution in [0.3, 0.4) is 0 Å². The predicted molar refractivity (Wildman–Crippen MR) is 80.4 cm³/mol. The quantitative estimate of drug-likeness (QED) is 0.897. The fraction of sp³-hybridized carbons (Fsp3) is 0.647. The first-order valence-electron chi connectivity index (χ1n) is 7.45. The van der Waals surface area contributed by atoms with Crippen molar-refractivity contribution in [3.63, 3.8) is 0 Å². The minimum Gasteiger partial charge on any atom is -0.378 e. The summed E-state index contributed by atoms with van der Waals surface area (Å²) in [6, 6.07) is 10.7. The van der Waals surface area contributed by atoms with Gasteiger partial charge in [0.1, 0.15) is 0 Å². The molecule has 2 nitrogen and oxygen atoms in total. The molecule has 2 atom stereocenters. The number of hydrogen-bond acceptors (Lipinski definition) is 2. The predicted octanol–water partition coefficient (Wildman–Crippen LogP) is 3.41. The van der Waals surface area contributed by atoms with E-state index in [2.05, 4.69) is 56.4 Å². The zero-order valence-electron chi connectivity index (χ0n) is 12.5. The Morgan fingerprint density at radius 3 is 2.63 bits per heavy atom. The van der Waals surface area contributed by atoms with E-state index in [1.54, 1.807) is 0 Å². The van der Waals surface area contributed by atoms with E-state index in [1.165, 1.54) is 18.4 Å². The van der Waals surface area contributed by atoms with Crippen LogP contribution in [0.4, 0.5) is 0 Å². The second kappa shape index (κ2) is 6.53. The topological polar surface area (TPSA) is 21.3 Å². The average molecular weight is 261 g/mol. The summed E-state index contributed by atoms with van der Waals surface area (Å²) in [6.07, 6.45) is 3.88. The molecule has 0 aliphatic carbocycles. The van der Waals surface area contributed by atoms with Gasteiger partial charge in [-0.2, -0.15) is 0 Å². The van der Waals surface area contributed by atoms with Crippen molar-refractivity contribution in [2.45, 2.75) is 51.7 Å². The molecular formula is C17H27NO. The highest BCUT2D eigenvalue weighted by Gasteiger charge is 2.27. The molecule has 2 heteroatoms. The largest absolute Gasteiger partial charge is 0.378 e. The number of benzene rings is 1.